The van der Waals surface area contributed by atoms with E-state index in [2.05, 4.69) is 4.90 Å². The van der Waals surface area contributed by atoms with Gasteiger partial charge in [-0.05, 0) is 56.1 Å². The summed E-state index contributed by atoms with van der Waals surface area (Å²) >= 11 is 0. The van der Waals surface area contributed by atoms with Crippen LogP contribution in [0.25, 0.3) is 0 Å². The Balaban J connectivity index is 1.47. The van der Waals surface area contributed by atoms with Crippen LogP contribution >= 0.6 is 0 Å². The zero-order valence-electron chi connectivity index (χ0n) is 12.6. The number of piperidine rings is 1. The summed E-state index contributed by atoms with van der Waals surface area (Å²) in [7, 11) is 0. The minimum atomic E-state index is 0.195. The second-order valence-corrected chi connectivity index (χ2v) is 6.99. The maximum absolute atomic E-state index is 12.8. The third-order valence-electron chi connectivity index (χ3n) is 5.30. The van der Waals surface area contributed by atoms with Crippen molar-refractivity contribution in [1.29, 1.82) is 0 Å². The average Bonchev–Trinajstić information content (AvgIpc) is 3.11. The maximum Gasteiger partial charge on any atom is 0.254 e. The summed E-state index contributed by atoms with van der Waals surface area (Å²) in [6.07, 6.45) is 5.21. The number of benzene rings is 1. The van der Waals surface area contributed by atoms with Gasteiger partial charge in [-0.25, -0.2) is 0 Å². The monoisotopic (exact) mass is 285 g/mol. The molecule has 0 aromatic heterocycles. The molecule has 2 aliphatic carbocycles. The van der Waals surface area contributed by atoms with Gasteiger partial charge in [-0.2, -0.15) is 0 Å². The summed E-state index contributed by atoms with van der Waals surface area (Å²) in [5, 5.41) is 0. The lowest BCUT2D eigenvalue weighted by molar-refractivity contribution is -0.0109. The Kier molecular flexibility index (Phi) is 3.26. The summed E-state index contributed by atoms with van der Waals surface area (Å²) < 4.78 is 6.11. The van der Waals surface area contributed by atoms with E-state index < -0.39 is 0 Å². The van der Waals surface area contributed by atoms with Crippen molar-refractivity contribution >= 4 is 5.91 Å². The van der Waals surface area contributed by atoms with Crippen LogP contribution in [0.4, 0.5) is 0 Å². The topological polar surface area (TPSA) is 29.5 Å². The minimum Gasteiger partial charge on any atom is -0.376 e. The molecule has 3 nitrogen and oxygen atoms in total. The van der Waals surface area contributed by atoms with Crippen molar-refractivity contribution in [3.8, 4) is 0 Å². The van der Waals surface area contributed by atoms with Crippen LogP contribution in [0.3, 0.4) is 0 Å². The Morgan fingerprint density at radius 2 is 2.10 bits per heavy atom. The van der Waals surface area contributed by atoms with E-state index in [1.165, 1.54) is 12.8 Å². The third kappa shape index (κ3) is 2.48. The number of amides is 1. The quantitative estimate of drug-likeness (QED) is 0.851. The molecule has 0 unspecified atom stereocenters. The van der Waals surface area contributed by atoms with Crippen LogP contribution < -0.4 is 0 Å². The van der Waals surface area contributed by atoms with Gasteiger partial charge in [0.05, 0.1) is 12.1 Å². The van der Waals surface area contributed by atoms with E-state index in [4.69, 9.17) is 4.74 Å². The van der Waals surface area contributed by atoms with Crippen LogP contribution in [0, 0.1) is 18.8 Å². The third-order valence-corrected chi connectivity index (χ3v) is 5.30. The van der Waals surface area contributed by atoms with E-state index in [1.807, 2.05) is 31.2 Å². The summed E-state index contributed by atoms with van der Waals surface area (Å²) in [5.41, 5.74) is 1.92. The molecule has 1 saturated heterocycles. The second-order valence-electron chi connectivity index (χ2n) is 6.99. The maximum atomic E-state index is 12.8. The van der Waals surface area contributed by atoms with Crippen molar-refractivity contribution in [3.05, 3.63) is 35.4 Å². The molecular weight excluding hydrogens is 262 g/mol. The smallest absolute Gasteiger partial charge is 0.254 e. The summed E-state index contributed by atoms with van der Waals surface area (Å²) in [6.45, 7) is 3.84. The zero-order chi connectivity index (χ0) is 14.4. The first-order valence-electron chi connectivity index (χ1n) is 8.20. The average molecular weight is 285 g/mol. The first-order chi connectivity index (χ1) is 10.2. The molecule has 3 aliphatic rings. The van der Waals surface area contributed by atoms with E-state index in [1.54, 1.807) is 0 Å². The summed E-state index contributed by atoms with van der Waals surface area (Å²) in [6, 6.07) is 8.21. The Hall–Kier alpha value is -1.35. The van der Waals surface area contributed by atoms with Crippen LogP contribution in [-0.4, -0.2) is 36.1 Å². The number of carbonyl (C=O) groups is 1. The molecule has 1 aromatic rings. The molecule has 1 amide bonds. The number of likely N-dealkylation sites (tertiary alicyclic amines) is 1. The number of hydrogen-bond donors (Lipinski definition) is 0. The predicted octanol–water partition coefficient (Wildman–Crippen LogP) is 3.02. The highest BCUT2D eigenvalue weighted by atomic mass is 16.5. The largest absolute Gasteiger partial charge is 0.376 e. The molecular formula is C18H23NO2. The lowest BCUT2D eigenvalue weighted by Gasteiger charge is -2.33. The van der Waals surface area contributed by atoms with Crippen molar-refractivity contribution < 1.29 is 9.53 Å². The number of aryl methyl sites for hydroxylation is 1. The summed E-state index contributed by atoms with van der Waals surface area (Å²) in [4.78, 5) is 14.9. The fourth-order valence-corrected chi connectivity index (χ4v) is 3.89. The van der Waals surface area contributed by atoms with Gasteiger partial charge in [0, 0.05) is 18.7 Å². The molecule has 0 radical (unpaired) electrons. The lowest BCUT2D eigenvalue weighted by atomic mass is 10.0. The van der Waals surface area contributed by atoms with Gasteiger partial charge in [-0.1, -0.05) is 18.2 Å². The van der Waals surface area contributed by atoms with Crippen LogP contribution in [0.15, 0.2) is 24.3 Å². The van der Waals surface area contributed by atoms with Gasteiger partial charge in [-0.15, -0.1) is 0 Å². The Morgan fingerprint density at radius 3 is 2.81 bits per heavy atom. The van der Waals surface area contributed by atoms with Gasteiger partial charge in [0.1, 0.15) is 0 Å². The molecule has 2 bridgehead atoms. The van der Waals surface area contributed by atoms with E-state index >= 15 is 0 Å². The SMILES string of the molecule is Cc1ccccc1C(=O)N1C[C@@H]2C[C@@H]1[C@H](OCC1CC1)C2. The fourth-order valence-electron chi connectivity index (χ4n) is 3.89. The lowest BCUT2D eigenvalue weighted by Crippen LogP contribution is -2.46. The fraction of sp³-hybridized carbons (Fsp3) is 0.611. The van der Waals surface area contributed by atoms with Crippen LogP contribution in [0.1, 0.15) is 41.6 Å². The van der Waals surface area contributed by atoms with E-state index in [0.717, 1.165) is 43.0 Å². The normalized spacial score (nSPS) is 30.9. The Morgan fingerprint density at radius 1 is 1.29 bits per heavy atom. The number of fused-ring (bicyclic) bond motifs is 2. The molecule has 3 atom stereocenters. The highest BCUT2D eigenvalue weighted by Gasteiger charge is 2.48. The van der Waals surface area contributed by atoms with Crippen molar-refractivity contribution in [2.45, 2.75) is 44.8 Å². The first-order valence-corrected chi connectivity index (χ1v) is 8.20. The van der Waals surface area contributed by atoms with Gasteiger partial charge in [-0.3, -0.25) is 4.79 Å². The standard InChI is InChI=1S/C18H23NO2/c1-12-4-2-3-5-15(12)18(20)19-10-14-8-16(19)17(9-14)21-11-13-6-7-13/h2-5,13-14,16-17H,6-11H2,1H3/t14-,16-,17-/m1/s1. The van der Waals surface area contributed by atoms with Gasteiger partial charge in [0.2, 0.25) is 0 Å². The molecule has 3 heteroatoms. The van der Waals surface area contributed by atoms with Crippen molar-refractivity contribution in [2.24, 2.45) is 11.8 Å². The Bertz CT molecular complexity index is 552. The zero-order valence-corrected chi connectivity index (χ0v) is 12.6. The molecule has 2 saturated carbocycles. The molecule has 1 aliphatic heterocycles. The van der Waals surface area contributed by atoms with Gasteiger partial charge in [0.15, 0.2) is 0 Å². The predicted molar refractivity (Wildman–Crippen MR) is 81.2 cm³/mol. The summed E-state index contributed by atoms with van der Waals surface area (Å²) in [5.74, 6) is 1.64. The van der Waals surface area contributed by atoms with E-state index in [-0.39, 0.29) is 12.0 Å². The van der Waals surface area contributed by atoms with Crippen LogP contribution in [0.5, 0.6) is 0 Å². The molecule has 4 rings (SSSR count). The minimum absolute atomic E-state index is 0.195. The van der Waals surface area contributed by atoms with Crippen molar-refractivity contribution in [1.82, 2.24) is 4.90 Å². The van der Waals surface area contributed by atoms with Gasteiger partial charge >= 0.3 is 0 Å². The van der Waals surface area contributed by atoms with Crippen molar-refractivity contribution in [2.75, 3.05) is 13.2 Å². The number of rotatable bonds is 4. The van der Waals surface area contributed by atoms with Crippen LogP contribution in [0.2, 0.25) is 0 Å². The highest BCUT2D eigenvalue weighted by molar-refractivity contribution is 5.96. The van der Waals surface area contributed by atoms with Crippen molar-refractivity contribution in [3.63, 3.8) is 0 Å². The van der Waals surface area contributed by atoms with E-state index in [0.29, 0.717) is 12.0 Å². The van der Waals surface area contributed by atoms with E-state index in [9.17, 15) is 4.79 Å². The van der Waals surface area contributed by atoms with Gasteiger partial charge in [0.25, 0.3) is 5.91 Å². The first kappa shape index (κ1) is 13.3. The molecule has 0 N–H and O–H groups in total. The Labute approximate surface area is 126 Å². The second kappa shape index (κ2) is 5.13. The molecule has 112 valence electrons. The highest BCUT2D eigenvalue weighted by Crippen LogP contribution is 2.41. The molecule has 0 spiro atoms. The molecule has 1 aromatic carbocycles. The molecule has 21 heavy (non-hydrogen) atoms. The van der Waals surface area contributed by atoms with Crippen LogP contribution in [-0.2, 0) is 4.74 Å². The molecule has 3 fully saturated rings. The number of nitrogens with zero attached hydrogens (tertiary/aromatic N) is 1. The number of hydrogen-bond acceptors (Lipinski definition) is 2. The number of ether oxygens (including phenoxy) is 1. The number of carbonyl (C=O) groups excluding carboxylic acids is 1. The molecule has 1 heterocycles. The van der Waals surface area contributed by atoms with Gasteiger partial charge < -0.3 is 9.64 Å².